The smallest absolute Gasteiger partial charge is 0.135 e. The molecule has 0 saturated carbocycles. The lowest BCUT2D eigenvalue weighted by Crippen LogP contribution is -1.89. The van der Waals surface area contributed by atoms with Crippen molar-refractivity contribution in [2.75, 3.05) is 7.11 Å². The van der Waals surface area contributed by atoms with E-state index in [1.807, 2.05) is 6.07 Å². The van der Waals surface area contributed by atoms with Crippen LogP contribution in [0.3, 0.4) is 0 Å². The predicted octanol–water partition coefficient (Wildman–Crippen LogP) is 4.69. The van der Waals surface area contributed by atoms with E-state index in [0.29, 0.717) is 17.2 Å². The highest BCUT2D eigenvalue weighted by Crippen LogP contribution is 2.38. The van der Waals surface area contributed by atoms with Gasteiger partial charge in [0.05, 0.1) is 12.7 Å². The highest BCUT2D eigenvalue weighted by molar-refractivity contribution is 7.15. The zero-order valence-corrected chi connectivity index (χ0v) is 11.0. The van der Waals surface area contributed by atoms with E-state index in [9.17, 15) is 4.39 Å². The van der Waals surface area contributed by atoms with E-state index >= 15 is 0 Å². The van der Waals surface area contributed by atoms with Crippen molar-refractivity contribution in [3.63, 3.8) is 0 Å². The lowest BCUT2D eigenvalue weighted by atomic mass is 10.1. The van der Waals surface area contributed by atoms with Gasteiger partial charge in [-0.1, -0.05) is 19.9 Å². The monoisotopic (exact) mass is 250 g/mol. The summed E-state index contributed by atoms with van der Waals surface area (Å²) in [4.78, 5) is 2.17. The summed E-state index contributed by atoms with van der Waals surface area (Å²) in [7, 11) is 1.56. The number of halogens is 1. The van der Waals surface area contributed by atoms with E-state index in [1.165, 1.54) is 10.9 Å². The Morgan fingerprint density at radius 3 is 2.53 bits per heavy atom. The minimum atomic E-state index is -0.235. The van der Waals surface area contributed by atoms with Crippen LogP contribution in [0.2, 0.25) is 0 Å². The van der Waals surface area contributed by atoms with Gasteiger partial charge in [0.2, 0.25) is 0 Å². The van der Waals surface area contributed by atoms with Crippen LogP contribution in [0.25, 0.3) is 10.4 Å². The van der Waals surface area contributed by atoms with E-state index < -0.39 is 0 Å². The molecular formula is C14H15FOS. The van der Waals surface area contributed by atoms with Gasteiger partial charge in [-0.15, -0.1) is 11.3 Å². The Kier molecular flexibility index (Phi) is 3.48. The zero-order valence-electron chi connectivity index (χ0n) is 10.2. The highest BCUT2D eigenvalue weighted by atomic mass is 32.1. The van der Waals surface area contributed by atoms with Gasteiger partial charge in [0.25, 0.3) is 0 Å². The van der Waals surface area contributed by atoms with Gasteiger partial charge < -0.3 is 4.74 Å². The lowest BCUT2D eigenvalue weighted by molar-refractivity contribution is 0.413. The fraction of sp³-hybridized carbons (Fsp3) is 0.286. The molecule has 1 aromatic heterocycles. The lowest BCUT2D eigenvalue weighted by Gasteiger charge is -2.07. The summed E-state index contributed by atoms with van der Waals surface area (Å²) in [5, 5.41) is 0. The van der Waals surface area contributed by atoms with Crippen LogP contribution in [-0.2, 0) is 0 Å². The number of ether oxygens (including phenoxy) is 1. The van der Waals surface area contributed by atoms with E-state index in [1.54, 1.807) is 30.6 Å². The normalized spacial score (nSPS) is 10.9. The van der Waals surface area contributed by atoms with Gasteiger partial charge in [-0.25, -0.2) is 4.39 Å². The quantitative estimate of drug-likeness (QED) is 0.768. The van der Waals surface area contributed by atoms with Crippen molar-refractivity contribution in [1.82, 2.24) is 0 Å². The molecule has 17 heavy (non-hydrogen) atoms. The van der Waals surface area contributed by atoms with Crippen molar-refractivity contribution < 1.29 is 9.13 Å². The number of benzene rings is 1. The molecular weight excluding hydrogens is 235 g/mol. The number of methoxy groups -OCH3 is 1. The second-order valence-electron chi connectivity index (χ2n) is 4.17. The predicted molar refractivity (Wildman–Crippen MR) is 70.4 cm³/mol. The molecule has 1 nitrogen and oxygen atoms in total. The maximum atomic E-state index is 13.9. The molecule has 0 bridgehead atoms. The average molecular weight is 250 g/mol. The van der Waals surface area contributed by atoms with Gasteiger partial charge in [-0.3, -0.25) is 0 Å². The van der Waals surface area contributed by atoms with Crippen LogP contribution >= 0.6 is 11.3 Å². The molecule has 0 radical (unpaired) electrons. The number of rotatable bonds is 3. The van der Waals surface area contributed by atoms with E-state index in [0.717, 1.165) is 4.88 Å². The van der Waals surface area contributed by atoms with Crippen molar-refractivity contribution in [1.29, 1.82) is 0 Å². The standard InChI is InChI=1S/C14H15FOS/c1-9(2)12-7-8-13(17-12)14-10(15)5-4-6-11(14)16-3/h4-9H,1-3H3. The highest BCUT2D eigenvalue weighted by Gasteiger charge is 2.14. The minimum absolute atomic E-state index is 0.235. The van der Waals surface area contributed by atoms with Crippen molar-refractivity contribution in [2.24, 2.45) is 0 Å². The van der Waals surface area contributed by atoms with Gasteiger partial charge in [0.15, 0.2) is 0 Å². The first kappa shape index (κ1) is 12.1. The second-order valence-corrected chi connectivity index (χ2v) is 5.29. The van der Waals surface area contributed by atoms with Gasteiger partial charge >= 0.3 is 0 Å². The first-order chi connectivity index (χ1) is 8.13. The third-order valence-electron chi connectivity index (χ3n) is 2.64. The van der Waals surface area contributed by atoms with Crippen LogP contribution in [0, 0.1) is 5.82 Å². The van der Waals surface area contributed by atoms with Gasteiger partial charge in [-0.05, 0) is 30.2 Å². The number of hydrogen-bond donors (Lipinski definition) is 0. The molecule has 0 fully saturated rings. The Labute approximate surface area is 105 Å². The molecule has 3 heteroatoms. The van der Waals surface area contributed by atoms with Crippen molar-refractivity contribution in [3.8, 4) is 16.2 Å². The summed E-state index contributed by atoms with van der Waals surface area (Å²) in [5.74, 6) is 0.815. The largest absolute Gasteiger partial charge is 0.496 e. The molecule has 0 atom stereocenters. The molecule has 1 aromatic carbocycles. The topological polar surface area (TPSA) is 9.23 Å². The second kappa shape index (κ2) is 4.88. The molecule has 90 valence electrons. The Hall–Kier alpha value is -1.35. The summed E-state index contributed by atoms with van der Waals surface area (Å²) < 4.78 is 19.1. The summed E-state index contributed by atoms with van der Waals surface area (Å²) in [6, 6.07) is 8.92. The maximum Gasteiger partial charge on any atom is 0.135 e. The summed E-state index contributed by atoms with van der Waals surface area (Å²) >= 11 is 1.62. The molecule has 0 aliphatic rings. The number of thiophene rings is 1. The van der Waals surface area contributed by atoms with Gasteiger partial charge in [0, 0.05) is 9.75 Å². The van der Waals surface area contributed by atoms with Crippen LogP contribution in [0.5, 0.6) is 5.75 Å². The molecule has 2 aromatic rings. The van der Waals surface area contributed by atoms with Crippen LogP contribution in [-0.4, -0.2) is 7.11 Å². The first-order valence-corrected chi connectivity index (χ1v) is 6.37. The molecule has 0 N–H and O–H groups in total. The first-order valence-electron chi connectivity index (χ1n) is 5.56. The van der Waals surface area contributed by atoms with Crippen molar-refractivity contribution >= 4 is 11.3 Å². The van der Waals surface area contributed by atoms with Gasteiger partial charge in [-0.2, -0.15) is 0 Å². The van der Waals surface area contributed by atoms with Crippen molar-refractivity contribution in [2.45, 2.75) is 19.8 Å². The third kappa shape index (κ3) is 2.34. The van der Waals surface area contributed by atoms with Crippen LogP contribution in [0.4, 0.5) is 4.39 Å². The van der Waals surface area contributed by atoms with E-state index in [4.69, 9.17) is 4.74 Å². The fourth-order valence-corrected chi connectivity index (χ4v) is 2.77. The Bertz CT molecular complexity index is 517. The SMILES string of the molecule is COc1cccc(F)c1-c1ccc(C(C)C)s1. The molecule has 2 rings (SSSR count). The Morgan fingerprint density at radius 2 is 1.94 bits per heavy atom. The molecule has 1 heterocycles. The Morgan fingerprint density at radius 1 is 1.18 bits per heavy atom. The van der Waals surface area contributed by atoms with E-state index in [-0.39, 0.29) is 5.82 Å². The van der Waals surface area contributed by atoms with Gasteiger partial charge in [0.1, 0.15) is 11.6 Å². The Balaban J connectivity index is 2.51. The fourth-order valence-electron chi connectivity index (χ4n) is 1.71. The maximum absolute atomic E-state index is 13.9. The molecule has 0 saturated heterocycles. The molecule has 0 aliphatic carbocycles. The number of hydrogen-bond acceptors (Lipinski definition) is 2. The average Bonchev–Trinajstić information content (AvgIpc) is 2.77. The van der Waals surface area contributed by atoms with Crippen LogP contribution in [0.15, 0.2) is 30.3 Å². The molecule has 0 aliphatic heterocycles. The van der Waals surface area contributed by atoms with Crippen LogP contribution < -0.4 is 4.74 Å². The summed E-state index contributed by atoms with van der Waals surface area (Å²) in [5.41, 5.74) is 0.562. The molecule has 0 spiro atoms. The van der Waals surface area contributed by atoms with Crippen molar-refractivity contribution in [3.05, 3.63) is 41.0 Å². The minimum Gasteiger partial charge on any atom is -0.496 e. The molecule has 0 amide bonds. The molecule has 0 unspecified atom stereocenters. The third-order valence-corrected chi connectivity index (χ3v) is 4.04. The zero-order chi connectivity index (χ0) is 12.4. The van der Waals surface area contributed by atoms with E-state index in [2.05, 4.69) is 19.9 Å². The summed E-state index contributed by atoms with van der Waals surface area (Å²) in [6.07, 6.45) is 0. The van der Waals surface area contributed by atoms with Crippen LogP contribution in [0.1, 0.15) is 24.6 Å². The summed E-state index contributed by atoms with van der Waals surface area (Å²) in [6.45, 7) is 4.27.